The van der Waals surface area contributed by atoms with E-state index in [1.54, 1.807) is 25.4 Å². The van der Waals surface area contributed by atoms with E-state index in [1.165, 1.54) is 6.07 Å². The highest BCUT2D eigenvalue weighted by Crippen LogP contribution is 2.25. The SMILES string of the molecule is COc1ccc(-c2cnc(NCc3cc(Br)ccc3F)n2C)cc1.O=C(O)C(=O)O. The fourth-order valence-corrected chi connectivity index (χ4v) is 2.87. The van der Waals surface area contributed by atoms with E-state index >= 15 is 0 Å². The number of nitrogens with one attached hydrogen (secondary N) is 1. The second-order valence-corrected chi connectivity index (χ2v) is 6.87. The molecule has 1 heterocycles. The number of carboxylic acids is 2. The van der Waals surface area contributed by atoms with Crippen LogP contribution in [-0.4, -0.2) is 38.8 Å². The van der Waals surface area contributed by atoms with Crippen molar-refractivity contribution in [2.24, 2.45) is 7.05 Å². The first kappa shape index (κ1) is 22.9. The van der Waals surface area contributed by atoms with Crippen LogP contribution in [0.1, 0.15) is 5.56 Å². The summed E-state index contributed by atoms with van der Waals surface area (Å²) in [6.07, 6.45) is 1.79. The van der Waals surface area contributed by atoms with Gasteiger partial charge >= 0.3 is 11.9 Å². The van der Waals surface area contributed by atoms with Crippen molar-refractivity contribution < 1.29 is 28.9 Å². The number of ether oxygens (including phenoxy) is 1. The fraction of sp³-hybridized carbons (Fsp3) is 0.150. The average molecular weight is 480 g/mol. The molecule has 3 N–H and O–H groups in total. The maximum absolute atomic E-state index is 13.8. The molecule has 0 amide bonds. The van der Waals surface area contributed by atoms with Crippen molar-refractivity contribution in [3.8, 4) is 17.0 Å². The van der Waals surface area contributed by atoms with Gasteiger partial charge in [0.1, 0.15) is 11.6 Å². The normalized spacial score (nSPS) is 10.0. The van der Waals surface area contributed by atoms with Crippen LogP contribution in [0, 0.1) is 5.82 Å². The van der Waals surface area contributed by atoms with Crippen LogP contribution in [0.15, 0.2) is 53.1 Å². The third-order valence-corrected chi connectivity index (χ3v) is 4.49. The van der Waals surface area contributed by atoms with Gasteiger partial charge in [-0.15, -0.1) is 0 Å². The Morgan fingerprint density at radius 1 is 1.17 bits per heavy atom. The van der Waals surface area contributed by atoms with Crippen LogP contribution in [0.4, 0.5) is 10.3 Å². The standard InChI is InChI=1S/C18H17BrFN3O.C2H2O4/c1-23-17(12-3-6-15(24-2)7-4-12)11-22-18(23)21-10-13-9-14(19)5-8-16(13)20;3-1(4)2(5)6/h3-9,11H,10H2,1-2H3,(H,21,22);(H,3,4)(H,5,6). The molecule has 2 aromatic carbocycles. The van der Waals surface area contributed by atoms with Crippen molar-refractivity contribution in [3.63, 3.8) is 0 Å². The lowest BCUT2D eigenvalue weighted by Crippen LogP contribution is -2.09. The zero-order chi connectivity index (χ0) is 22.3. The summed E-state index contributed by atoms with van der Waals surface area (Å²) < 4.78 is 21.8. The molecule has 0 radical (unpaired) electrons. The maximum atomic E-state index is 13.8. The zero-order valence-electron chi connectivity index (χ0n) is 16.1. The highest BCUT2D eigenvalue weighted by atomic mass is 79.9. The van der Waals surface area contributed by atoms with E-state index in [0.29, 0.717) is 18.1 Å². The lowest BCUT2D eigenvalue weighted by molar-refractivity contribution is -0.159. The minimum absolute atomic E-state index is 0.240. The second-order valence-electron chi connectivity index (χ2n) is 5.95. The smallest absolute Gasteiger partial charge is 0.414 e. The molecule has 3 rings (SSSR count). The molecule has 0 aliphatic heterocycles. The van der Waals surface area contributed by atoms with Gasteiger partial charge < -0.3 is 24.8 Å². The molecular weight excluding hydrogens is 461 g/mol. The summed E-state index contributed by atoms with van der Waals surface area (Å²) in [5.41, 5.74) is 2.58. The van der Waals surface area contributed by atoms with Gasteiger partial charge in [0.2, 0.25) is 5.95 Å². The van der Waals surface area contributed by atoms with Crippen LogP contribution >= 0.6 is 15.9 Å². The molecule has 0 atom stereocenters. The maximum Gasteiger partial charge on any atom is 0.414 e. The Morgan fingerprint density at radius 2 is 1.80 bits per heavy atom. The van der Waals surface area contributed by atoms with Gasteiger partial charge in [0.15, 0.2) is 0 Å². The molecule has 0 bridgehead atoms. The molecular formula is C20H19BrFN3O5. The quantitative estimate of drug-likeness (QED) is 0.477. The minimum Gasteiger partial charge on any atom is -0.497 e. The molecule has 10 heteroatoms. The van der Waals surface area contributed by atoms with Gasteiger partial charge in [-0.3, -0.25) is 0 Å². The number of carbonyl (C=O) groups is 2. The van der Waals surface area contributed by atoms with E-state index in [4.69, 9.17) is 24.5 Å². The Kier molecular flexibility index (Phi) is 7.93. The van der Waals surface area contributed by atoms with Crippen molar-refractivity contribution >= 4 is 33.8 Å². The van der Waals surface area contributed by atoms with Crippen LogP contribution < -0.4 is 10.1 Å². The molecule has 0 aliphatic carbocycles. The van der Waals surface area contributed by atoms with Gasteiger partial charge in [0.05, 0.1) is 19.0 Å². The number of hydrogen-bond acceptors (Lipinski definition) is 5. The summed E-state index contributed by atoms with van der Waals surface area (Å²) >= 11 is 3.36. The lowest BCUT2D eigenvalue weighted by atomic mass is 10.1. The first-order chi connectivity index (χ1) is 14.2. The Hall–Kier alpha value is -3.40. The molecule has 0 saturated heterocycles. The Balaban J connectivity index is 0.000000469. The number of benzene rings is 2. The fourth-order valence-electron chi connectivity index (χ4n) is 2.46. The van der Waals surface area contributed by atoms with Gasteiger partial charge in [-0.2, -0.15) is 0 Å². The van der Waals surface area contributed by atoms with Crippen molar-refractivity contribution in [1.29, 1.82) is 0 Å². The van der Waals surface area contributed by atoms with Crippen molar-refractivity contribution in [3.05, 3.63) is 64.5 Å². The van der Waals surface area contributed by atoms with E-state index in [9.17, 15) is 4.39 Å². The number of carboxylic acid groups (broad SMARTS) is 2. The number of methoxy groups -OCH3 is 1. The second kappa shape index (κ2) is 10.4. The van der Waals surface area contributed by atoms with Crippen LogP contribution in [0.3, 0.4) is 0 Å². The Bertz CT molecular complexity index is 1030. The number of aliphatic carboxylic acids is 2. The monoisotopic (exact) mass is 479 g/mol. The highest BCUT2D eigenvalue weighted by molar-refractivity contribution is 9.10. The molecule has 0 spiro atoms. The van der Waals surface area contributed by atoms with Gasteiger partial charge in [0.25, 0.3) is 0 Å². The van der Waals surface area contributed by atoms with E-state index in [2.05, 4.69) is 26.2 Å². The van der Waals surface area contributed by atoms with E-state index in [-0.39, 0.29) is 5.82 Å². The third kappa shape index (κ3) is 6.05. The first-order valence-electron chi connectivity index (χ1n) is 8.53. The van der Waals surface area contributed by atoms with Crippen LogP contribution in [0.2, 0.25) is 0 Å². The molecule has 30 heavy (non-hydrogen) atoms. The molecule has 0 aliphatic rings. The number of rotatable bonds is 5. The van der Waals surface area contributed by atoms with E-state index < -0.39 is 11.9 Å². The van der Waals surface area contributed by atoms with Gasteiger partial charge in [-0.25, -0.2) is 19.0 Å². The molecule has 0 saturated carbocycles. The lowest BCUT2D eigenvalue weighted by Gasteiger charge is -2.10. The summed E-state index contributed by atoms with van der Waals surface area (Å²) in [5.74, 6) is -2.40. The Labute approximate surface area is 180 Å². The van der Waals surface area contributed by atoms with E-state index in [1.807, 2.05) is 35.9 Å². The number of aromatic nitrogens is 2. The molecule has 0 unspecified atom stereocenters. The van der Waals surface area contributed by atoms with Crippen molar-refractivity contribution in [2.45, 2.75) is 6.54 Å². The highest BCUT2D eigenvalue weighted by Gasteiger charge is 2.10. The van der Waals surface area contributed by atoms with Gasteiger partial charge in [-0.05, 0) is 42.5 Å². The number of nitrogens with zero attached hydrogens (tertiary/aromatic N) is 2. The average Bonchev–Trinajstić information content (AvgIpc) is 3.09. The minimum atomic E-state index is -1.82. The summed E-state index contributed by atoms with van der Waals surface area (Å²) in [7, 11) is 3.56. The molecule has 0 fully saturated rings. The molecule has 8 nitrogen and oxygen atoms in total. The predicted molar refractivity (Wildman–Crippen MR) is 112 cm³/mol. The van der Waals surface area contributed by atoms with Gasteiger partial charge in [0, 0.05) is 29.2 Å². The van der Waals surface area contributed by atoms with Gasteiger partial charge in [-0.1, -0.05) is 15.9 Å². The summed E-state index contributed by atoms with van der Waals surface area (Å²) in [4.78, 5) is 22.6. The van der Waals surface area contributed by atoms with E-state index in [0.717, 1.165) is 21.5 Å². The number of anilines is 1. The number of imidazole rings is 1. The van der Waals surface area contributed by atoms with Crippen LogP contribution in [0.5, 0.6) is 5.75 Å². The first-order valence-corrected chi connectivity index (χ1v) is 9.32. The molecule has 3 aromatic rings. The topological polar surface area (TPSA) is 114 Å². The van der Waals surface area contributed by atoms with Crippen molar-refractivity contribution in [1.82, 2.24) is 9.55 Å². The predicted octanol–water partition coefficient (Wildman–Crippen LogP) is 3.77. The Morgan fingerprint density at radius 3 is 2.37 bits per heavy atom. The van der Waals surface area contributed by atoms with Crippen molar-refractivity contribution in [2.75, 3.05) is 12.4 Å². The van der Waals surface area contributed by atoms with Crippen LogP contribution in [0.25, 0.3) is 11.3 Å². The van der Waals surface area contributed by atoms with Crippen LogP contribution in [-0.2, 0) is 23.2 Å². The summed E-state index contributed by atoms with van der Waals surface area (Å²) in [5, 5.41) is 18.0. The largest absolute Gasteiger partial charge is 0.497 e. The number of halogens is 2. The number of hydrogen-bond donors (Lipinski definition) is 3. The molecule has 1 aromatic heterocycles. The zero-order valence-corrected chi connectivity index (χ0v) is 17.7. The summed E-state index contributed by atoms with van der Waals surface area (Å²) in [6, 6.07) is 12.7. The third-order valence-electron chi connectivity index (χ3n) is 4.00. The molecule has 158 valence electrons. The summed E-state index contributed by atoms with van der Waals surface area (Å²) in [6.45, 7) is 0.359.